The van der Waals surface area contributed by atoms with Crippen molar-refractivity contribution in [2.75, 3.05) is 45.3 Å². The van der Waals surface area contributed by atoms with Gasteiger partial charge in [0.25, 0.3) is 6.01 Å². The molecule has 2 aliphatic rings. The highest BCUT2D eigenvalue weighted by Gasteiger charge is 2.33. The molecule has 1 aromatic carbocycles. The Kier molecular flexibility index (Phi) is 6.12. The first-order valence-corrected chi connectivity index (χ1v) is 11.7. The molecular weight excluding hydrogens is 442 g/mol. The minimum absolute atomic E-state index is 0.0631. The first-order chi connectivity index (χ1) is 16.0. The van der Waals surface area contributed by atoms with E-state index in [0.29, 0.717) is 34.7 Å². The van der Waals surface area contributed by atoms with E-state index in [2.05, 4.69) is 27.0 Å². The van der Waals surface area contributed by atoms with E-state index < -0.39 is 0 Å². The Labute approximate surface area is 197 Å². The number of H-pyrrole nitrogens is 1. The summed E-state index contributed by atoms with van der Waals surface area (Å²) in [5.41, 5.74) is 4.11. The molecule has 1 amide bonds. The highest BCUT2D eigenvalue weighted by molar-refractivity contribution is 6.33. The maximum Gasteiger partial charge on any atom is 0.296 e. The molecule has 1 aliphatic carbocycles. The molecule has 0 spiro atoms. The summed E-state index contributed by atoms with van der Waals surface area (Å²) in [6.45, 7) is 3.30. The number of imidazole rings is 1. The van der Waals surface area contributed by atoms with Crippen LogP contribution in [0, 0.1) is 5.92 Å². The van der Waals surface area contributed by atoms with Gasteiger partial charge in [0, 0.05) is 44.9 Å². The zero-order valence-electron chi connectivity index (χ0n) is 18.9. The van der Waals surface area contributed by atoms with E-state index in [-0.39, 0.29) is 12.0 Å². The number of pyridine rings is 1. The van der Waals surface area contributed by atoms with Crippen molar-refractivity contribution in [3.05, 3.63) is 35.4 Å². The predicted molar refractivity (Wildman–Crippen MR) is 128 cm³/mol. The maximum atomic E-state index is 11.8. The summed E-state index contributed by atoms with van der Waals surface area (Å²) in [5.74, 6) is 0.528. The van der Waals surface area contributed by atoms with Gasteiger partial charge >= 0.3 is 0 Å². The van der Waals surface area contributed by atoms with Gasteiger partial charge in [0.15, 0.2) is 5.65 Å². The average molecular weight is 470 g/mol. The minimum atomic E-state index is 0.0631. The molecule has 0 bridgehead atoms. The van der Waals surface area contributed by atoms with Gasteiger partial charge in [0.1, 0.15) is 6.10 Å². The average Bonchev–Trinajstić information content (AvgIpc) is 3.18. The Balaban J connectivity index is 1.26. The Morgan fingerprint density at radius 1 is 1.21 bits per heavy atom. The summed E-state index contributed by atoms with van der Waals surface area (Å²) in [5, 5.41) is 0.558. The number of amides is 1. The van der Waals surface area contributed by atoms with Gasteiger partial charge in [0.2, 0.25) is 5.91 Å². The molecule has 174 valence electrons. The van der Waals surface area contributed by atoms with Crippen LogP contribution < -0.4 is 9.64 Å². The van der Waals surface area contributed by atoms with Crippen LogP contribution in [-0.4, -0.2) is 72.3 Å². The molecule has 0 radical (unpaired) electrons. The largest absolute Gasteiger partial charge is 0.461 e. The highest BCUT2D eigenvalue weighted by atomic mass is 35.5. The third-order valence-electron chi connectivity index (χ3n) is 6.35. The molecule has 1 aliphatic heterocycles. The molecule has 1 saturated heterocycles. The molecule has 1 saturated carbocycles. The van der Waals surface area contributed by atoms with Crippen LogP contribution in [0.1, 0.15) is 19.3 Å². The number of ether oxygens (including phenoxy) is 2. The SMILES string of the molecule is CN(C)C(=O)CC1CC(Oc2nc3nc(-c4ccc(N5CCOCC5)cc4)c(Cl)cc3[nH]2)C1. The molecule has 2 fully saturated rings. The smallest absolute Gasteiger partial charge is 0.296 e. The quantitative estimate of drug-likeness (QED) is 0.592. The van der Waals surface area contributed by atoms with E-state index in [0.717, 1.165) is 50.2 Å². The molecule has 2 aromatic heterocycles. The lowest BCUT2D eigenvalue weighted by Gasteiger charge is -2.34. The topological polar surface area (TPSA) is 83.6 Å². The predicted octanol–water partition coefficient (Wildman–Crippen LogP) is 3.75. The first-order valence-electron chi connectivity index (χ1n) is 11.3. The summed E-state index contributed by atoms with van der Waals surface area (Å²) in [4.78, 5) is 28.2. The minimum Gasteiger partial charge on any atom is -0.461 e. The zero-order valence-corrected chi connectivity index (χ0v) is 19.6. The summed E-state index contributed by atoms with van der Waals surface area (Å²) in [7, 11) is 3.57. The van der Waals surface area contributed by atoms with Crippen molar-refractivity contribution in [1.29, 1.82) is 0 Å². The van der Waals surface area contributed by atoms with Gasteiger partial charge in [-0.15, -0.1) is 0 Å². The molecule has 0 unspecified atom stereocenters. The molecule has 3 heterocycles. The number of hydrogen-bond acceptors (Lipinski definition) is 6. The van der Waals surface area contributed by atoms with Crippen LogP contribution in [0.15, 0.2) is 30.3 Å². The van der Waals surface area contributed by atoms with Crippen LogP contribution in [0.4, 0.5) is 5.69 Å². The van der Waals surface area contributed by atoms with E-state index in [4.69, 9.17) is 26.1 Å². The Bertz CT molecular complexity index is 1130. The van der Waals surface area contributed by atoms with Crippen LogP contribution in [0.5, 0.6) is 6.01 Å². The van der Waals surface area contributed by atoms with Gasteiger partial charge in [-0.3, -0.25) is 4.79 Å². The third-order valence-corrected chi connectivity index (χ3v) is 6.64. The molecule has 8 nitrogen and oxygen atoms in total. The van der Waals surface area contributed by atoms with Crippen LogP contribution >= 0.6 is 11.6 Å². The van der Waals surface area contributed by atoms with Crippen molar-refractivity contribution in [3.63, 3.8) is 0 Å². The van der Waals surface area contributed by atoms with Gasteiger partial charge in [0.05, 0.1) is 29.4 Å². The number of anilines is 1. The van der Waals surface area contributed by atoms with E-state index in [1.54, 1.807) is 19.0 Å². The third kappa shape index (κ3) is 4.77. The number of aromatic nitrogens is 3. The number of benzene rings is 1. The number of carbonyl (C=O) groups is 1. The normalized spacial score (nSPS) is 20.5. The number of nitrogens with zero attached hydrogens (tertiary/aromatic N) is 4. The number of hydrogen-bond donors (Lipinski definition) is 1. The molecule has 33 heavy (non-hydrogen) atoms. The Hall–Kier alpha value is -2.84. The number of morpholine rings is 1. The molecule has 0 atom stereocenters. The van der Waals surface area contributed by atoms with Crippen LogP contribution in [0.2, 0.25) is 5.02 Å². The van der Waals surface area contributed by atoms with Crippen molar-refractivity contribution in [1.82, 2.24) is 19.9 Å². The van der Waals surface area contributed by atoms with Crippen molar-refractivity contribution < 1.29 is 14.3 Å². The summed E-state index contributed by atoms with van der Waals surface area (Å²) in [6.07, 6.45) is 2.34. The molecule has 1 N–H and O–H groups in total. The molecule has 3 aromatic rings. The Morgan fingerprint density at radius 3 is 2.64 bits per heavy atom. The van der Waals surface area contributed by atoms with Crippen molar-refractivity contribution in [2.45, 2.75) is 25.4 Å². The second-order valence-corrected chi connectivity index (χ2v) is 9.35. The van der Waals surface area contributed by atoms with Crippen LogP contribution in [0.3, 0.4) is 0 Å². The number of nitrogens with one attached hydrogen (secondary N) is 1. The second kappa shape index (κ2) is 9.19. The lowest BCUT2D eigenvalue weighted by atomic mass is 9.80. The number of rotatable bonds is 6. The van der Waals surface area contributed by atoms with Crippen LogP contribution in [-0.2, 0) is 9.53 Å². The number of fused-ring (bicyclic) bond motifs is 1. The summed E-state index contributed by atoms with van der Waals surface area (Å²) in [6, 6.07) is 10.5. The molecular formula is C24H28ClN5O3. The zero-order chi connectivity index (χ0) is 22.9. The number of aromatic amines is 1. The standard InChI is InChI=1S/C24H28ClN5O3/c1-29(2)21(31)13-15-11-18(12-15)33-24-26-20-14-19(25)22(27-23(20)28-24)16-3-5-17(6-4-16)30-7-9-32-10-8-30/h3-6,14-15,18H,7-13H2,1-2H3,(H,26,27,28). The number of halogens is 1. The first kappa shape index (κ1) is 22.0. The van der Waals surface area contributed by atoms with Gasteiger partial charge in [-0.1, -0.05) is 23.7 Å². The van der Waals surface area contributed by atoms with E-state index in [1.165, 1.54) is 5.69 Å². The van der Waals surface area contributed by atoms with Gasteiger partial charge in [-0.2, -0.15) is 4.98 Å². The fourth-order valence-corrected chi connectivity index (χ4v) is 4.59. The summed E-state index contributed by atoms with van der Waals surface area (Å²) >= 11 is 6.56. The monoisotopic (exact) mass is 469 g/mol. The maximum absolute atomic E-state index is 11.8. The Morgan fingerprint density at radius 2 is 1.94 bits per heavy atom. The van der Waals surface area contributed by atoms with Gasteiger partial charge in [-0.05, 0) is 37.0 Å². The van der Waals surface area contributed by atoms with Gasteiger partial charge < -0.3 is 24.3 Å². The second-order valence-electron chi connectivity index (χ2n) is 8.95. The van der Waals surface area contributed by atoms with Gasteiger partial charge in [-0.25, -0.2) is 4.98 Å². The van der Waals surface area contributed by atoms with E-state index in [1.807, 2.05) is 18.2 Å². The van der Waals surface area contributed by atoms with E-state index in [9.17, 15) is 4.79 Å². The molecule has 9 heteroatoms. The van der Waals surface area contributed by atoms with Crippen molar-refractivity contribution >= 4 is 34.4 Å². The fourth-order valence-electron chi connectivity index (χ4n) is 4.33. The fraction of sp³-hybridized carbons (Fsp3) is 0.458. The van der Waals surface area contributed by atoms with Crippen molar-refractivity contribution in [2.24, 2.45) is 5.92 Å². The number of carbonyl (C=O) groups excluding carboxylic acids is 1. The van der Waals surface area contributed by atoms with Crippen LogP contribution in [0.25, 0.3) is 22.4 Å². The lowest BCUT2D eigenvalue weighted by molar-refractivity contribution is -0.131. The van der Waals surface area contributed by atoms with Crippen molar-refractivity contribution in [3.8, 4) is 17.3 Å². The summed E-state index contributed by atoms with van der Waals surface area (Å²) < 4.78 is 11.4. The lowest BCUT2D eigenvalue weighted by Crippen LogP contribution is -2.37. The highest BCUT2D eigenvalue weighted by Crippen LogP contribution is 2.35. The molecule has 5 rings (SSSR count). The van der Waals surface area contributed by atoms with E-state index >= 15 is 0 Å².